The van der Waals surface area contributed by atoms with Crippen LogP contribution in [0.2, 0.25) is 0 Å². The van der Waals surface area contributed by atoms with Gasteiger partial charge in [0.2, 0.25) is 5.88 Å². The number of aliphatic hydroxyl groups is 1. The van der Waals surface area contributed by atoms with Crippen LogP contribution in [0.1, 0.15) is 16.9 Å². The molecule has 0 spiro atoms. The first-order chi connectivity index (χ1) is 11.3. The Bertz CT molecular complexity index is 798. The Kier molecular flexibility index (Phi) is 3.52. The number of nitrogens with zero attached hydrogens (tertiary/aromatic N) is 2. The molecule has 0 atom stereocenters. The van der Waals surface area contributed by atoms with Gasteiger partial charge in [0.1, 0.15) is 12.4 Å². The van der Waals surface area contributed by atoms with Gasteiger partial charge < -0.3 is 9.52 Å². The number of fused-ring (bicyclic) bond motifs is 1. The maximum absolute atomic E-state index is 9.24. The molecule has 0 aliphatic carbocycles. The van der Waals surface area contributed by atoms with Gasteiger partial charge in [-0.25, -0.2) is 5.01 Å². The molecule has 4 rings (SSSR count). The SMILES string of the molecule is OCc1ccc(N2Cc3ccccc3N2Cc2ccccc2)o1. The number of anilines is 2. The molecule has 0 saturated heterocycles. The quantitative estimate of drug-likeness (QED) is 0.797. The topological polar surface area (TPSA) is 39.9 Å². The van der Waals surface area contributed by atoms with Crippen LogP contribution in [-0.4, -0.2) is 5.11 Å². The highest BCUT2D eigenvalue weighted by Gasteiger charge is 2.29. The summed E-state index contributed by atoms with van der Waals surface area (Å²) < 4.78 is 5.75. The molecule has 0 saturated carbocycles. The fraction of sp³-hybridized carbons (Fsp3) is 0.158. The number of hydrogen-bond acceptors (Lipinski definition) is 4. The summed E-state index contributed by atoms with van der Waals surface area (Å²) >= 11 is 0. The lowest BCUT2D eigenvalue weighted by Gasteiger charge is -2.30. The summed E-state index contributed by atoms with van der Waals surface area (Å²) in [5, 5.41) is 13.6. The zero-order chi connectivity index (χ0) is 15.6. The van der Waals surface area contributed by atoms with Gasteiger partial charge in [-0.1, -0.05) is 48.5 Å². The Morgan fingerprint density at radius 3 is 2.48 bits per heavy atom. The van der Waals surface area contributed by atoms with E-state index in [0.29, 0.717) is 5.76 Å². The summed E-state index contributed by atoms with van der Waals surface area (Å²) in [6, 6.07) is 22.5. The van der Waals surface area contributed by atoms with E-state index in [1.165, 1.54) is 16.8 Å². The lowest BCUT2D eigenvalue weighted by Crippen LogP contribution is -2.36. The van der Waals surface area contributed by atoms with Crippen LogP contribution < -0.4 is 10.0 Å². The van der Waals surface area contributed by atoms with Gasteiger partial charge in [0.05, 0.1) is 18.8 Å². The number of rotatable bonds is 4. The molecule has 23 heavy (non-hydrogen) atoms. The molecule has 3 aromatic rings. The van der Waals surface area contributed by atoms with Gasteiger partial charge in [-0.3, -0.25) is 5.01 Å². The van der Waals surface area contributed by atoms with Gasteiger partial charge in [0.15, 0.2) is 0 Å². The van der Waals surface area contributed by atoms with Crippen molar-refractivity contribution in [2.45, 2.75) is 19.7 Å². The fourth-order valence-corrected chi connectivity index (χ4v) is 2.99. The Labute approximate surface area is 135 Å². The lowest BCUT2D eigenvalue weighted by molar-refractivity contribution is 0.247. The molecular formula is C19H18N2O2. The molecule has 116 valence electrons. The minimum atomic E-state index is -0.0839. The van der Waals surface area contributed by atoms with Crippen molar-refractivity contribution >= 4 is 11.6 Å². The number of benzene rings is 2. The summed E-state index contributed by atoms with van der Waals surface area (Å²) in [5.74, 6) is 1.33. The van der Waals surface area contributed by atoms with E-state index in [-0.39, 0.29) is 6.61 Å². The van der Waals surface area contributed by atoms with Gasteiger partial charge in [-0.2, -0.15) is 0 Å². The van der Waals surface area contributed by atoms with E-state index < -0.39 is 0 Å². The Morgan fingerprint density at radius 2 is 1.70 bits per heavy atom. The third-order valence-corrected chi connectivity index (χ3v) is 4.11. The van der Waals surface area contributed by atoms with E-state index >= 15 is 0 Å². The molecule has 2 heterocycles. The van der Waals surface area contributed by atoms with Crippen molar-refractivity contribution in [2.75, 3.05) is 10.0 Å². The van der Waals surface area contributed by atoms with Crippen molar-refractivity contribution in [3.63, 3.8) is 0 Å². The van der Waals surface area contributed by atoms with Crippen LogP contribution in [0.4, 0.5) is 11.6 Å². The third-order valence-electron chi connectivity index (χ3n) is 4.11. The average molecular weight is 306 g/mol. The molecule has 4 heteroatoms. The van der Waals surface area contributed by atoms with Gasteiger partial charge in [0.25, 0.3) is 0 Å². The molecule has 1 aromatic heterocycles. The van der Waals surface area contributed by atoms with Crippen LogP contribution in [0.25, 0.3) is 0 Å². The Hall–Kier alpha value is -2.72. The highest BCUT2D eigenvalue weighted by Crippen LogP contribution is 2.36. The Morgan fingerprint density at radius 1 is 0.913 bits per heavy atom. The van der Waals surface area contributed by atoms with Crippen LogP contribution in [0.15, 0.2) is 71.1 Å². The molecule has 4 nitrogen and oxygen atoms in total. The molecule has 1 aliphatic heterocycles. The van der Waals surface area contributed by atoms with Crippen LogP contribution >= 0.6 is 0 Å². The van der Waals surface area contributed by atoms with Crippen LogP contribution in [0, 0.1) is 0 Å². The molecule has 0 unspecified atom stereocenters. The fourth-order valence-electron chi connectivity index (χ4n) is 2.99. The van der Waals surface area contributed by atoms with E-state index in [2.05, 4.69) is 58.5 Å². The average Bonchev–Trinajstić information content (AvgIpc) is 3.21. The summed E-state index contributed by atoms with van der Waals surface area (Å²) in [6.45, 7) is 1.45. The maximum atomic E-state index is 9.24. The van der Waals surface area contributed by atoms with Gasteiger partial charge in [-0.15, -0.1) is 0 Å². The van der Waals surface area contributed by atoms with Crippen molar-refractivity contribution in [3.05, 3.63) is 83.6 Å². The smallest absolute Gasteiger partial charge is 0.214 e. The second-order valence-electron chi connectivity index (χ2n) is 5.63. The second kappa shape index (κ2) is 5.82. The molecule has 0 fully saturated rings. The largest absolute Gasteiger partial charge is 0.441 e. The molecule has 0 bridgehead atoms. The summed E-state index contributed by atoms with van der Waals surface area (Å²) in [7, 11) is 0. The van der Waals surface area contributed by atoms with E-state index in [1.54, 1.807) is 0 Å². The molecule has 1 N–H and O–H groups in total. The number of hydrazine groups is 1. The van der Waals surface area contributed by atoms with Gasteiger partial charge >= 0.3 is 0 Å². The number of aliphatic hydroxyl groups excluding tert-OH is 1. The molecule has 2 aromatic carbocycles. The monoisotopic (exact) mass is 306 g/mol. The zero-order valence-corrected chi connectivity index (χ0v) is 12.7. The minimum Gasteiger partial charge on any atom is -0.441 e. The molecule has 1 aliphatic rings. The van der Waals surface area contributed by atoms with Gasteiger partial charge in [-0.05, 0) is 23.3 Å². The van der Waals surface area contributed by atoms with Crippen molar-refractivity contribution in [1.82, 2.24) is 0 Å². The summed E-state index contributed by atoms with van der Waals surface area (Å²) in [4.78, 5) is 0. The summed E-state index contributed by atoms with van der Waals surface area (Å²) in [5.41, 5.74) is 3.70. The first kappa shape index (κ1) is 13.9. The van der Waals surface area contributed by atoms with Crippen LogP contribution in [-0.2, 0) is 19.7 Å². The van der Waals surface area contributed by atoms with E-state index in [9.17, 15) is 5.11 Å². The standard InChI is InChI=1S/C19H18N2O2/c22-14-17-10-11-19(23-17)21-13-16-8-4-5-9-18(16)20(21)12-15-6-2-1-3-7-15/h1-11,22H,12-14H2. The van der Waals surface area contributed by atoms with E-state index in [1.807, 2.05) is 18.2 Å². The molecule has 0 radical (unpaired) electrons. The lowest BCUT2D eigenvalue weighted by atomic mass is 10.2. The molecular weight excluding hydrogens is 288 g/mol. The number of hydrogen-bond donors (Lipinski definition) is 1. The minimum absolute atomic E-state index is 0.0839. The predicted molar refractivity (Wildman–Crippen MR) is 89.9 cm³/mol. The van der Waals surface area contributed by atoms with Crippen molar-refractivity contribution in [3.8, 4) is 0 Å². The van der Waals surface area contributed by atoms with Crippen molar-refractivity contribution in [2.24, 2.45) is 0 Å². The molecule has 0 amide bonds. The van der Waals surface area contributed by atoms with E-state index in [4.69, 9.17) is 4.42 Å². The number of furan rings is 1. The normalized spacial score (nSPS) is 13.4. The first-order valence-corrected chi connectivity index (χ1v) is 7.71. The third kappa shape index (κ3) is 2.58. The predicted octanol–water partition coefficient (Wildman–Crippen LogP) is 3.71. The van der Waals surface area contributed by atoms with Crippen molar-refractivity contribution < 1.29 is 9.52 Å². The van der Waals surface area contributed by atoms with E-state index in [0.717, 1.165) is 19.0 Å². The summed E-state index contributed by atoms with van der Waals surface area (Å²) in [6.07, 6.45) is 0. The maximum Gasteiger partial charge on any atom is 0.214 e. The Balaban J connectivity index is 1.70. The highest BCUT2D eigenvalue weighted by molar-refractivity contribution is 5.65. The highest BCUT2D eigenvalue weighted by atomic mass is 16.4. The van der Waals surface area contributed by atoms with Crippen molar-refractivity contribution in [1.29, 1.82) is 0 Å². The number of para-hydroxylation sites is 1. The van der Waals surface area contributed by atoms with Crippen LogP contribution in [0.3, 0.4) is 0 Å². The zero-order valence-electron chi connectivity index (χ0n) is 12.7. The first-order valence-electron chi connectivity index (χ1n) is 7.71. The van der Waals surface area contributed by atoms with Crippen LogP contribution in [0.5, 0.6) is 0 Å². The second-order valence-corrected chi connectivity index (χ2v) is 5.63. The van der Waals surface area contributed by atoms with Gasteiger partial charge in [0, 0.05) is 6.07 Å².